The first kappa shape index (κ1) is 12.8. The van der Waals surface area contributed by atoms with E-state index in [4.69, 9.17) is 21.1 Å². The molecule has 0 fully saturated rings. The fourth-order valence-corrected chi connectivity index (χ4v) is 2.39. The van der Waals surface area contributed by atoms with Crippen LogP contribution in [-0.2, 0) is 9.47 Å². The second-order valence-corrected chi connectivity index (χ2v) is 5.18. The van der Waals surface area contributed by atoms with Gasteiger partial charge in [0, 0.05) is 19.3 Å². The van der Waals surface area contributed by atoms with Crippen molar-refractivity contribution in [3.05, 3.63) is 22.8 Å². The van der Waals surface area contributed by atoms with Gasteiger partial charge in [-0.3, -0.25) is 0 Å². The molecule has 0 N–H and O–H groups in total. The van der Waals surface area contributed by atoms with E-state index in [1.54, 1.807) is 14.2 Å². The van der Waals surface area contributed by atoms with Crippen LogP contribution in [-0.4, -0.2) is 20.5 Å². The maximum absolute atomic E-state index is 6.10. The van der Waals surface area contributed by atoms with Gasteiger partial charge in [0.1, 0.15) is 0 Å². The third kappa shape index (κ3) is 3.98. The summed E-state index contributed by atoms with van der Waals surface area (Å²) in [5.74, 6) is 0. The first-order valence-corrected chi connectivity index (χ1v) is 5.47. The van der Waals surface area contributed by atoms with Crippen LogP contribution < -0.4 is 0 Å². The highest BCUT2D eigenvalue weighted by atomic mass is 35.5. The zero-order valence-electron chi connectivity index (χ0n) is 9.84. The lowest BCUT2D eigenvalue weighted by Gasteiger charge is -2.29. The normalized spacial score (nSPS) is 23.3. The highest BCUT2D eigenvalue weighted by Gasteiger charge is 2.25. The van der Waals surface area contributed by atoms with Crippen LogP contribution in [0.2, 0.25) is 0 Å². The minimum absolute atomic E-state index is 0.226. The van der Waals surface area contributed by atoms with Crippen molar-refractivity contribution in [1.29, 1.82) is 0 Å². The number of hydrogen-bond acceptors (Lipinski definition) is 2. The van der Waals surface area contributed by atoms with E-state index in [-0.39, 0.29) is 11.7 Å². The summed E-state index contributed by atoms with van der Waals surface area (Å²) in [7, 11) is 3.26. The quantitative estimate of drug-likeness (QED) is 0.692. The predicted octanol–water partition coefficient (Wildman–Crippen LogP) is 3.47. The molecule has 0 radical (unpaired) electrons. The van der Waals surface area contributed by atoms with Gasteiger partial charge in [-0.1, -0.05) is 25.4 Å². The fraction of sp³-hybridized carbons (Fsp3) is 0.667. The number of ether oxygens (including phenoxy) is 2. The summed E-state index contributed by atoms with van der Waals surface area (Å²) in [6.07, 6.45) is 5.65. The van der Waals surface area contributed by atoms with E-state index in [1.807, 2.05) is 12.2 Å². The van der Waals surface area contributed by atoms with Crippen molar-refractivity contribution in [2.75, 3.05) is 14.2 Å². The molecule has 0 saturated heterocycles. The number of rotatable bonds is 3. The second kappa shape index (κ2) is 5.15. The summed E-state index contributed by atoms with van der Waals surface area (Å²) in [6.45, 7) is 4.43. The Balaban J connectivity index is 2.82. The molecule has 1 rings (SSSR count). The Labute approximate surface area is 96.9 Å². The standard InChI is InChI=1S/C12H19ClO2/c1-12(2)7-9(5-10(13)8-12)6-11(14-3)15-4/h5-6,11H,7-8H2,1-4H3. The van der Waals surface area contributed by atoms with Gasteiger partial charge in [0.25, 0.3) is 0 Å². The molecule has 3 heteroatoms. The molecule has 0 aromatic heterocycles. The molecule has 0 aromatic rings. The molecule has 0 saturated carbocycles. The molecule has 0 atom stereocenters. The van der Waals surface area contributed by atoms with Crippen molar-refractivity contribution in [1.82, 2.24) is 0 Å². The van der Waals surface area contributed by atoms with E-state index >= 15 is 0 Å². The van der Waals surface area contributed by atoms with Gasteiger partial charge in [-0.2, -0.15) is 0 Å². The van der Waals surface area contributed by atoms with E-state index in [0.29, 0.717) is 0 Å². The molecule has 0 aromatic carbocycles. The van der Waals surface area contributed by atoms with Crippen LogP contribution in [0.4, 0.5) is 0 Å². The van der Waals surface area contributed by atoms with Crippen molar-refractivity contribution in [2.24, 2.45) is 5.41 Å². The zero-order valence-corrected chi connectivity index (χ0v) is 10.6. The third-order valence-electron chi connectivity index (χ3n) is 2.49. The molecule has 0 bridgehead atoms. The summed E-state index contributed by atoms with van der Waals surface area (Å²) in [4.78, 5) is 0. The zero-order chi connectivity index (χ0) is 11.5. The van der Waals surface area contributed by atoms with Crippen molar-refractivity contribution in [3.8, 4) is 0 Å². The second-order valence-electron chi connectivity index (χ2n) is 4.69. The van der Waals surface area contributed by atoms with Gasteiger partial charge >= 0.3 is 0 Å². The monoisotopic (exact) mass is 230 g/mol. The van der Waals surface area contributed by atoms with E-state index in [9.17, 15) is 0 Å². The highest BCUT2D eigenvalue weighted by molar-refractivity contribution is 6.29. The van der Waals surface area contributed by atoms with Gasteiger partial charge in [-0.15, -0.1) is 0 Å². The Morgan fingerprint density at radius 2 is 1.93 bits per heavy atom. The molecule has 0 amide bonds. The Morgan fingerprint density at radius 3 is 2.40 bits per heavy atom. The minimum Gasteiger partial charge on any atom is -0.352 e. The third-order valence-corrected chi connectivity index (χ3v) is 2.73. The lowest BCUT2D eigenvalue weighted by Crippen LogP contribution is -2.18. The summed E-state index contributed by atoms with van der Waals surface area (Å²) in [6, 6.07) is 0. The maximum atomic E-state index is 6.10. The molecular formula is C12H19ClO2. The number of allylic oxidation sites excluding steroid dienone is 3. The SMILES string of the molecule is COC(C=C1C=C(Cl)CC(C)(C)C1)OC. The van der Waals surface area contributed by atoms with Gasteiger partial charge in [-0.05, 0) is 36.0 Å². The summed E-state index contributed by atoms with van der Waals surface area (Å²) >= 11 is 6.10. The Morgan fingerprint density at radius 1 is 1.33 bits per heavy atom. The number of methoxy groups -OCH3 is 2. The molecular weight excluding hydrogens is 212 g/mol. The maximum Gasteiger partial charge on any atom is 0.176 e. The average molecular weight is 231 g/mol. The van der Waals surface area contributed by atoms with Crippen molar-refractivity contribution in [3.63, 3.8) is 0 Å². The molecule has 1 aliphatic carbocycles. The van der Waals surface area contributed by atoms with Crippen LogP contribution in [0.15, 0.2) is 22.8 Å². The Kier molecular flexibility index (Phi) is 4.38. The van der Waals surface area contributed by atoms with Gasteiger partial charge in [0.15, 0.2) is 6.29 Å². The van der Waals surface area contributed by atoms with E-state index in [1.165, 1.54) is 5.57 Å². The molecule has 0 unspecified atom stereocenters. The van der Waals surface area contributed by atoms with E-state index in [2.05, 4.69) is 13.8 Å². The van der Waals surface area contributed by atoms with E-state index < -0.39 is 0 Å². The molecule has 1 aliphatic rings. The van der Waals surface area contributed by atoms with Gasteiger partial charge in [0.05, 0.1) is 0 Å². The first-order valence-electron chi connectivity index (χ1n) is 5.09. The average Bonchev–Trinajstić information content (AvgIpc) is 2.10. The van der Waals surface area contributed by atoms with Crippen LogP contribution >= 0.6 is 11.6 Å². The van der Waals surface area contributed by atoms with E-state index in [0.717, 1.165) is 17.9 Å². The molecule has 2 nitrogen and oxygen atoms in total. The topological polar surface area (TPSA) is 18.5 Å². The Hall–Kier alpha value is -0.310. The summed E-state index contributed by atoms with van der Waals surface area (Å²) in [5.41, 5.74) is 1.41. The van der Waals surface area contributed by atoms with Crippen LogP contribution in [0.25, 0.3) is 0 Å². The van der Waals surface area contributed by atoms with Crippen LogP contribution in [0.1, 0.15) is 26.7 Å². The van der Waals surface area contributed by atoms with Gasteiger partial charge in [0.2, 0.25) is 0 Å². The molecule has 0 spiro atoms. The largest absolute Gasteiger partial charge is 0.352 e. The smallest absolute Gasteiger partial charge is 0.176 e. The molecule has 15 heavy (non-hydrogen) atoms. The first-order chi connectivity index (χ1) is 6.96. The number of halogens is 1. The fourth-order valence-electron chi connectivity index (χ4n) is 1.89. The number of hydrogen-bond donors (Lipinski definition) is 0. The highest BCUT2D eigenvalue weighted by Crippen LogP contribution is 2.39. The summed E-state index contributed by atoms with van der Waals surface area (Å²) in [5, 5.41) is 0.906. The van der Waals surface area contributed by atoms with Crippen LogP contribution in [0.3, 0.4) is 0 Å². The minimum atomic E-state index is -0.283. The van der Waals surface area contributed by atoms with Crippen molar-refractivity contribution in [2.45, 2.75) is 33.0 Å². The lowest BCUT2D eigenvalue weighted by atomic mass is 9.78. The van der Waals surface area contributed by atoms with Crippen molar-refractivity contribution < 1.29 is 9.47 Å². The van der Waals surface area contributed by atoms with Crippen LogP contribution in [0, 0.1) is 5.41 Å². The molecule has 0 heterocycles. The summed E-state index contributed by atoms with van der Waals surface area (Å²) < 4.78 is 10.3. The molecule has 0 aliphatic heterocycles. The van der Waals surface area contributed by atoms with Gasteiger partial charge in [-0.25, -0.2) is 0 Å². The molecule has 86 valence electrons. The van der Waals surface area contributed by atoms with Gasteiger partial charge < -0.3 is 9.47 Å². The van der Waals surface area contributed by atoms with Crippen LogP contribution in [0.5, 0.6) is 0 Å². The lowest BCUT2D eigenvalue weighted by molar-refractivity contribution is -0.0671. The Bertz CT molecular complexity index is 275. The predicted molar refractivity (Wildman–Crippen MR) is 62.8 cm³/mol. The van der Waals surface area contributed by atoms with Crippen molar-refractivity contribution >= 4 is 11.6 Å².